The van der Waals surface area contributed by atoms with Gasteiger partial charge in [-0.3, -0.25) is 0 Å². The molecule has 0 amide bonds. The molecular weight excluding hydrogens is 306 g/mol. The van der Waals surface area contributed by atoms with Crippen molar-refractivity contribution < 1.29 is 23.4 Å². The van der Waals surface area contributed by atoms with Gasteiger partial charge in [-0.05, 0) is 17.7 Å². The summed E-state index contributed by atoms with van der Waals surface area (Å²) >= 11 is 0. The summed E-state index contributed by atoms with van der Waals surface area (Å²) in [4.78, 5) is 11.1. The summed E-state index contributed by atoms with van der Waals surface area (Å²) in [5.41, 5.74) is 0.271. The lowest BCUT2D eigenvalue weighted by molar-refractivity contribution is -0.310. The normalized spacial score (nSPS) is 14.2. The number of hydrogen-bond acceptors (Lipinski definition) is 5. The Balaban J connectivity index is 2.28. The minimum absolute atomic E-state index is 0.0958. The van der Waals surface area contributed by atoms with Crippen LogP contribution in [-0.4, -0.2) is 25.5 Å². The Morgan fingerprint density at radius 3 is 2.00 bits per heavy atom. The molecule has 2 atom stereocenters. The number of carboxylic acids is 1. The van der Waals surface area contributed by atoms with Gasteiger partial charge in [-0.15, -0.1) is 0 Å². The Morgan fingerprint density at radius 2 is 1.50 bits per heavy atom. The molecule has 0 aromatic heterocycles. The predicted molar refractivity (Wildman–Crippen MR) is 77.0 cm³/mol. The maximum absolute atomic E-state index is 12.2. The monoisotopic (exact) mass is 320 g/mol. The molecule has 7 heteroatoms. The van der Waals surface area contributed by atoms with Gasteiger partial charge < -0.3 is 15.0 Å². The number of carboxylic acid groups (broad SMARTS) is 1. The fraction of sp³-hybridized carbons (Fsp3) is 0.133. The number of hydrogen-bond donors (Lipinski definition) is 2. The molecule has 2 aromatic rings. The van der Waals surface area contributed by atoms with Gasteiger partial charge in [-0.25, -0.2) is 8.42 Å². The van der Waals surface area contributed by atoms with E-state index >= 15 is 0 Å². The lowest BCUT2D eigenvalue weighted by Crippen LogP contribution is -2.51. The fourth-order valence-corrected chi connectivity index (χ4v) is 3.13. The number of carbonyl (C=O) groups excluding carboxylic acids is 1. The van der Waals surface area contributed by atoms with Gasteiger partial charge in [0.2, 0.25) is 10.0 Å². The van der Waals surface area contributed by atoms with Crippen LogP contribution in [-0.2, 0) is 14.8 Å². The fourth-order valence-electron chi connectivity index (χ4n) is 1.92. The van der Waals surface area contributed by atoms with E-state index in [0.717, 1.165) is 0 Å². The number of rotatable bonds is 6. The SMILES string of the molecule is O=C([O-])C(NS(=O)(=O)c1ccccc1)C(O)c1ccccc1. The molecule has 0 heterocycles. The van der Waals surface area contributed by atoms with Crippen LogP contribution in [0.4, 0.5) is 0 Å². The average Bonchev–Trinajstić information content (AvgIpc) is 2.53. The Bertz CT molecular complexity index is 731. The third-order valence-electron chi connectivity index (χ3n) is 3.05. The topological polar surface area (TPSA) is 107 Å². The quantitative estimate of drug-likeness (QED) is 0.768. The van der Waals surface area contributed by atoms with Crippen LogP contribution >= 0.6 is 0 Å². The zero-order valence-corrected chi connectivity index (χ0v) is 12.2. The van der Waals surface area contributed by atoms with E-state index < -0.39 is 28.1 Å². The first-order valence-electron chi connectivity index (χ1n) is 6.43. The number of nitrogens with one attached hydrogen (secondary N) is 1. The third-order valence-corrected chi connectivity index (χ3v) is 4.50. The van der Waals surface area contributed by atoms with Crippen LogP contribution in [0.2, 0.25) is 0 Å². The van der Waals surface area contributed by atoms with Crippen molar-refractivity contribution in [2.45, 2.75) is 17.0 Å². The highest BCUT2D eigenvalue weighted by Crippen LogP contribution is 2.18. The Kier molecular flexibility index (Phi) is 4.92. The second-order valence-electron chi connectivity index (χ2n) is 4.59. The summed E-state index contributed by atoms with van der Waals surface area (Å²) in [5, 5.41) is 21.3. The Hall–Kier alpha value is -2.22. The molecule has 0 fully saturated rings. The maximum atomic E-state index is 12.2. The second-order valence-corrected chi connectivity index (χ2v) is 6.30. The van der Waals surface area contributed by atoms with Crippen LogP contribution in [0.25, 0.3) is 0 Å². The third kappa shape index (κ3) is 3.70. The predicted octanol–water partition coefficient (Wildman–Crippen LogP) is -0.183. The van der Waals surface area contributed by atoms with Crippen molar-refractivity contribution >= 4 is 16.0 Å². The number of benzene rings is 2. The molecule has 0 radical (unpaired) electrons. The van der Waals surface area contributed by atoms with Gasteiger partial charge >= 0.3 is 0 Å². The molecular formula is C15H14NO5S-. The molecule has 2 unspecified atom stereocenters. The van der Waals surface area contributed by atoms with Crippen molar-refractivity contribution in [1.29, 1.82) is 0 Å². The Labute approximate surface area is 128 Å². The largest absolute Gasteiger partial charge is 0.548 e. The molecule has 0 aliphatic carbocycles. The first-order chi connectivity index (χ1) is 10.4. The van der Waals surface area contributed by atoms with Gasteiger partial charge in [-0.1, -0.05) is 48.5 Å². The zero-order valence-electron chi connectivity index (χ0n) is 11.4. The molecule has 0 saturated carbocycles. The van der Waals surface area contributed by atoms with Crippen LogP contribution in [0.3, 0.4) is 0 Å². The number of aliphatic hydroxyl groups excluding tert-OH is 1. The van der Waals surface area contributed by atoms with Gasteiger partial charge in [0.1, 0.15) is 6.10 Å². The van der Waals surface area contributed by atoms with Crippen molar-refractivity contribution in [2.24, 2.45) is 0 Å². The Morgan fingerprint density at radius 1 is 1.00 bits per heavy atom. The molecule has 22 heavy (non-hydrogen) atoms. The highest BCUT2D eigenvalue weighted by atomic mass is 32.2. The van der Waals surface area contributed by atoms with Gasteiger partial charge in [0, 0.05) is 0 Å². The number of sulfonamides is 1. The van der Waals surface area contributed by atoms with Crippen LogP contribution in [0.1, 0.15) is 11.7 Å². The minimum atomic E-state index is -4.09. The molecule has 2 rings (SSSR count). The van der Waals surface area contributed by atoms with E-state index in [1.807, 2.05) is 4.72 Å². The molecule has 2 aromatic carbocycles. The zero-order chi connectivity index (χ0) is 16.2. The van der Waals surface area contributed by atoms with Crippen molar-refractivity contribution in [2.75, 3.05) is 0 Å². The molecule has 6 nitrogen and oxygen atoms in total. The number of carbonyl (C=O) groups is 1. The molecule has 116 valence electrons. The summed E-state index contributed by atoms with van der Waals surface area (Å²) in [6.07, 6.45) is -1.57. The number of aliphatic carboxylic acids is 1. The first kappa shape index (κ1) is 16.2. The minimum Gasteiger partial charge on any atom is -0.548 e. The van der Waals surface area contributed by atoms with Crippen LogP contribution in [0.15, 0.2) is 65.6 Å². The van der Waals surface area contributed by atoms with Crippen molar-refractivity contribution in [3.05, 3.63) is 66.2 Å². The number of aliphatic hydroxyl groups is 1. The van der Waals surface area contributed by atoms with E-state index in [0.29, 0.717) is 0 Å². The van der Waals surface area contributed by atoms with Gasteiger partial charge in [0.05, 0.1) is 16.9 Å². The van der Waals surface area contributed by atoms with Crippen molar-refractivity contribution in [3.63, 3.8) is 0 Å². The lowest BCUT2D eigenvalue weighted by Gasteiger charge is -2.25. The average molecular weight is 320 g/mol. The molecule has 0 spiro atoms. The molecule has 0 aliphatic heterocycles. The van der Waals surface area contributed by atoms with E-state index in [1.165, 1.54) is 36.4 Å². The highest BCUT2D eigenvalue weighted by molar-refractivity contribution is 7.89. The summed E-state index contributed by atoms with van der Waals surface area (Å²) in [6, 6.07) is 13.4. The molecule has 2 N–H and O–H groups in total. The standard InChI is InChI=1S/C15H15NO5S/c17-14(11-7-3-1-4-8-11)13(15(18)19)16-22(20,21)12-9-5-2-6-10-12/h1-10,13-14,16-17H,(H,18,19)/p-1. The summed E-state index contributed by atoms with van der Waals surface area (Å²) in [5.74, 6) is -1.71. The van der Waals surface area contributed by atoms with E-state index in [4.69, 9.17) is 0 Å². The molecule has 0 aliphatic rings. The van der Waals surface area contributed by atoms with Crippen molar-refractivity contribution in [3.8, 4) is 0 Å². The van der Waals surface area contributed by atoms with Gasteiger partial charge in [0.25, 0.3) is 0 Å². The van der Waals surface area contributed by atoms with Crippen molar-refractivity contribution in [1.82, 2.24) is 4.72 Å². The summed E-state index contributed by atoms with van der Waals surface area (Å²) in [6.45, 7) is 0. The highest BCUT2D eigenvalue weighted by Gasteiger charge is 2.27. The van der Waals surface area contributed by atoms with E-state index in [9.17, 15) is 23.4 Å². The van der Waals surface area contributed by atoms with E-state index in [-0.39, 0.29) is 10.5 Å². The second kappa shape index (κ2) is 6.69. The van der Waals surface area contributed by atoms with Crippen LogP contribution in [0, 0.1) is 0 Å². The molecule has 0 saturated heterocycles. The van der Waals surface area contributed by atoms with E-state index in [1.54, 1.807) is 24.3 Å². The van der Waals surface area contributed by atoms with Gasteiger partial charge in [-0.2, -0.15) is 4.72 Å². The molecule has 0 bridgehead atoms. The van der Waals surface area contributed by atoms with Crippen LogP contribution in [0.5, 0.6) is 0 Å². The summed E-state index contributed by atoms with van der Waals surface area (Å²) in [7, 11) is -4.09. The van der Waals surface area contributed by atoms with E-state index in [2.05, 4.69) is 0 Å². The van der Waals surface area contributed by atoms with Gasteiger partial charge in [0.15, 0.2) is 0 Å². The first-order valence-corrected chi connectivity index (χ1v) is 7.91. The lowest BCUT2D eigenvalue weighted by atomic mass is 10.0. The van der Waals surface area contributed by atoms with Crippen LogP contribution < -0.4 is 9.83 Å². The smallest absolute Gasteiger partial charge is 0.241 e. The summed E-state index contributed by atoms with van der Waals surface area (Å²) < 4.78 is 26.3. The maximum Gasteiger partial charge on any atom is 0.241 e.